The summed E-state index contributed by atoms with van der Waals surface area (Å²) in [5.74, 6) is 1.03. The van der Waals surface area contributed by atoms with Gasteiger partial charge in [0.25, 0.3) is 0 Å². The highest BCUT2D eigenvalue weighted by molar-refractivity contribution is 5.78. The maximum absolute atomic E-state index is 12.1. The predicted octanol–water partition coefficient (Wildman–Crippen LogP) is 3.16. The van der Waals surface area contributed by atoms with Crippen LogP contribution in [0.15, 0.2) is 54.9 Å². The van der Waals surface area contributed by atoms with E-state index in [2.05, 4.69) is 27.4 Å². The fraction of sp³-hybridized carbons (Fsp3) is 0.316. The Morgan fingerprint density at radius 3 is 2.61 bits per heavy atom. The number of hydrogen-bond donors (Lipinski definition) is 1. The summed E-state index contributed by atoms with van der Waals surface area (Å²) in [6.07, 6.45) is 11.5. The van der Waals surface area contributed by atoms with Crippen LogP contribution in [0.2, 0.25) is 0 Å². The van der Waals surface area contributed by atoms with Gasteiger partial charge in [-0.1, -0.05) is 42.5 Å². The van der Waals surface area contributed by atoms with Gasteiger partial charge in [-0.2, -0.15) is 0 Å². The largest absolute Gasteiger partial charge is 0.356 e. The third-order valence-corrected chi connectivity index (χ3v) is 4.09. The minimum atomic E-state index is 0.136. The molecule has 23 heavy (non-hydrogen) atoms. The van der Waals surface area contributed by atoms with Crippen LogP contribution in [0.5, 0.6) is 0 Å². The maximum atomic E-state index is 12.1. The van der Waals surface area contributed by atoms with Crippen molar-refractivity contribution in [1.29, 1.82) is 0 Å². The highest BCUT2D eigenvalue weighted by atomic mass is 16.1. The molecule has 1 N–H and O–H groups in total. The normalized spacial score (nSPS) is 17.0. The molecule has 0 saturated carbocycles. The number of aromatic nitrogens is 2. The highest BCUT2D eigenvalue weighted by Gasteiger charge is 2.17. The van der Waals surface area contributed by atoms with Crippen LogP contribution >= 0.6 is 0 Å². The molecule has 1 aromatic heterocycles. The summed E-state index contributed by atoms with van der Waals surface area (Å²) in [6.45, 7) is 0.632. The number of amides is 1. The summed E-state index contributed by atoms with van der Waals surface area (Å²) in [4.78, 5) is 20.9. The standard InChI is InChI=1S/C19H21N3O/c23-19(17-9-5-2-6-10-17)20-12-11-15-13-21-18(22-14-15)16-7-3-1-4-8-16/h1-5,7-8,13-14,17H,6,9-12H2,(H,20,23)/t17-/m1/s1. The van der Waals surface area contributed by atoms with Gasteiger partial charge in [0.05, 0.1) is 0 Å². The van der Waals surface area contributed by atoms with Crippen molar-refractivity contribution in [2.45, 2.75) is 25.7 Å². The van der Waals surface area contributed by atoms with Gasteiger partial charge in [0.15, 0.2) is 5.82 Å². The Balaban J connectivity index is 1.49. The van der Waals surface area contributed by atoms with E-state index < -0.39 is 0 Å². The molecule has 0 spiro atoms. The molecule has 118 valence electrons. The van der Waals surface area contributed by atoms with Crippen LogP contribution in [0.3, 0.4) is 0 Å². The summed E-state index contributed by atoms with van der Waals surface area (Å²) >= 11 is 0. The molecule has 0 radical (unpaired) electrons. The van der Waals surface area contributed by atoms with Crippen molar-refractivity contribution in [2.75, 3.05) is 6.54 Å². The molecule has 1 atom stereocenters. The van der Waals surface area contributed by atoms with E-state index in [9.17, 15) is 4.79 Å². The van der Waals surface area contributed by atoms with Gasteiger partial charge in [-0.25, -0.2) is 9.97 Å². The molecule has 1 aliphatic carbocycles. The molecule has 0 aliphatic heterocycles. The van der Waals surface area contributed by atoms with Crippen LogP contribution in [0.4, 0.5) is 0 Å². The van der Waals surface area contributed by atoms with E-state index in [0.29, 0.717) is 6.54 Å². The first-order valence-electron chi connectivity index (χ1n) is 8.12. The van der Waals surface area contributed by atoms with Gasteiger partial charge in [0, 0.05) is 30.4 Å². The zero-order valence-electron chi connectivity index (χ0n) is 13.1. The number of carbonyl (C=O) groups excluding carboxylic acids is 1. The van der Waals surface area contributed by atoms with Crippen LogP contribution in [0.25, 0.3) is 11.4 Å². The van der Waals surface area contributed by atoms with Gasteiger partial charge in [-0.15, -0.1) is 0 Å². The average Bonchev–Trinajstić information content (AvgIpc) is 2.64. The van der Waals surface area contributed by atoms with Crippen LogP contribution in [-0.2, 0) is 11.2 Å². The molecule has 0 bridgehead atoms. The van der Waals surface area contributed by atoms with Gasteiger partial charge in [0.2, 0.25) is 5.91 Å². The fourth-order valence-corrected chi connectivity index (χ4v) is 2.73. The lowest BCUT2D eigenvalue weighted by atomic mass is 9.94. The fourth-order valence-electron chi connectivity index (χ4n) is 2.73. The Labute approximate surface area is 136 Å². The molecule has 1 aliphatic rings. The topological polar surface area (TPSA) is 54.9 Å². The summed E-state index contributed by atoms with van der Waals surface area (Å²) in [6, 6.07) is 9.91. The lowest BCUT2D eigenvalue weighted by Crippen LogP contribution is -2.32. The molecule has 0 saturated heterocycles. The molecule has 1 aromatic carbocycles. The zero-order valence-corrected chi connectivity index (χ0v) is 13.1. The Hall–Kier alpha value is -2.49. The van der Waals surface area contributed by atoms with Crippen molar-refractivity contribution in [3.8, 4) is 11.4 Å². The molecular weight excluding hydrogens is 286 g/mol. The lowest BCUT2D eigenvalue weighted by molar-refractivity contribution is -0.125. The molecule has 1 amide bonds. The number of rotatable bonds is 5. The van der Waals surface area contributed by atoms with E-state index in [-0.39, 0.29) is 11.8 Å². The molecular formula is C19H21N3O. The smallest absolute Gasteiger partial charge is 0.223 e. The molecule has 0 fully saturated rings. The quantitative estimate of drug-likeness (QED) is 0.863. The number of allylic oxidation sites excluding steroid dienone is 2. The van der Waals surface area contributed by atoms with E-state index in [0.717, 1.165) is 42.6 Å². The number of nitrogens with zero attached hydrogens (tertiary/aromatic N) is 2. The first-order chi connectivity index (χ1) is 11.3. The SMILES string of the molecule is O=C(NCCc1cnc(-c2ccccc2)nc1)[C@@H]1CC=CCC1. The summed E-state index contributed by atoms with van der Waals surface area (Å²) < 4.78 is 0. The Morgan fingerprint density at radius 1 is 1.13 bits per heavy atom. The number of nitrogens with one attached hydrogen (secondary N) is 1. The first kappa shape index (κ1) is 15.4. The summed E-state index contributed by atoms with van der Waals surface area (Å²) in [5.41, 5.74) is 2.05. The minimum Gasteiger partial charge on any atom is -0.356 e. The molecule has 4 nitrogen and oxygen atoms in total. The second-order valence-electron chi connectivity index (χ2n) is 5.80. The van der Waals surface area contributed by atoms with Crippen LogP contribution in [-0.4, -0.2) is 22.4 Å². The Bertz CT molecular complexity index is 665. The Kier molecular flexibility index (Phi) is 5.14. The van der Waals surface area contributed by atoms with Crippen molar-refractivity contribution in [3.63, 3.8) is 0 Å². The van der Waals surface area contributed by atoms with Gasteiger partial charge >= 0.3 is 0 Å². The van der Waals surface area contributed by atoms with Crippen molar-refractivity contribution in [2.24, 2.45) is 5.92 Å². The minimum absolute atomic E-state index is 0.136. The molecule has 4 heteroatoms. The summed E-state index contributed by atoms with van der Waals surface area (Å²) in [5, 5.41) is 3.02. The third kappa shape index (κ3) is 4.25. The number of carbonyl (C=O) groups is 1. The van der Waals surface area contributed by atoms with E-state index in [1.54, 1.807) is 0 Å². The molecule has 2 aromatic rings. The van der Waals surface area contributed by atoms with Crippen LogP contribution < -0.4 is 5.32 Å². The van der Waals surface area contributed by atoms with Crippen molar-refractivity contribution in [3.05, 3.63) is 60.4 Å². The van der Waals surface area contributed by atoms with Gasteiger partial charge < -0.3 is 5.32 Å². The summed E-state index contributed by atoms with van der Waals surface area (Å²) in [7, 11) is 0. The molecule has 1 heterocycles. The highest BCUT2D eigenvalue weighted by Crippen LogP contribution is 2.18. The predicted molar refractivity (Wildman–Crippen MR) is 90.7 cm³/mol. The van der Waals surface area contributed by atoms with Crippen molar-refractivity contribution >= 4 is 5.91 Å². The Morgan fingerprint density at radius 2 is 1.91 bits per heavy atom. The number of hydrogen-bond acceptors (Lipinski definition) is 3. The second kappa shape index (κ2) is 7.68. The third-order valence-electron chi connectivity index (χ3n) is 4.09. The monoisotopic (exact) mass is 307 g/mol. The van der Waals surface area contributed by atoms with Crippen molar-refractivity contribution < 1.29 is 4.79 Å². The zero-order chi connectivity index (χ0) is 15.9. The van der Waals surface area contributed by atoms with Crippen molar-refractivity contribution in [1.82, 2.24) is 15.3 Å². The second-order valence-corrected chi connectivity index (χ2v) is 5.80. The van der Waals surface area contributed by atoms with E-state index in [1.807, 2.05) is 42.7 Å². The van der Waals surface area contributed by atoms with Gasteiger partial charge in [0.1, 0.15) is 0 Å². The van der Waals surface area contributed by atoms with Gasteiger partial charge in [-0.3, -0.25) is 4.79 Å². The molecule has 0 unspecified atom stereocenters. The average molecular weight is 307 g/mol. The number of benzene rings is 1. The van der Waals surface area contributed by atoms with E-state index in [4.69, 9.17) is 0 Å². The van der Waals surface area contributed by atoms with E-state index in [1.165, 1.54) is 0 Å². The first-order valence-corrected chi connectivity index (χ1v) is 8.12. The van der Waals surface area contributed by atoms with Crippen LogP contribution in [0.1, 0.15) is 24.8 Å². The maximum Gasteiger partial charge on any atom is 0.223 e. The molecule has 3 rings (SSSR count). The van der Waals surface area contributed by atoms with Gasteiger partial charge in [-0.05, 0) is 31.2 Å². The van der Waals surface area contributed by atoms with E-state index >= 15 is 0 Å². The van der Waals surface area contributed by atoms with Crippen LogP contribution in [0, 0.1) is 5.92 Å². The lowest BCUT2D eigenvalue weighted by Gasteiger charge is -2.17.